The van der Waals surface area contributed by atoms with E-state index >= 15 is 0 Å². The van der Waals surface area contributed by atoms with Gasteiger partial charge in [-0.3, -0.25) is 0 Å². The number of hydrogen-bond donors (Lipinski definition) is 1. The van der Waals surface area contributed by atoms with Gasteiger partial charge >= 0.3 is 0 Å². The van der Waals surface area contributed by atoms with E-state index < -0.39 is 0 Å². The lowest BCUT2D eigenvalue weighted by Gasteiger charge is -2.03. The molecular formula is C15H21NO. The zero-order valence-corrected chi connectivity index (χ0v) is 10.8. The number of hydrogen-bond acceptors (Lipinski definition) is 2. The molecule has 0 aliphatic rings. The summed E-state index contributed by atoms with van der Waals surface area (Å²) in [6, 6.07) is 8.32. The molecule has 2 heteroatoms. The van der Waals surface area contributed by atoms with Gasteiger partial charge in [0.05, 0.1) is 0 Å². The van der Waals surface area contributed by atoms with Crippen LogP contribution in [-0.2, 0) is 13.0 Å². The quantitative estimate of drug-likeness (QED) is 0.816. The van der Waals surface area contributed by atoms with Crippen LogP contribution in [0.4, 0.5) is 0 Å². The monoisotopic (exact) mass is 231 g/mol. The molecule has 0 atom stereocenters. The maximum absolute atomic E-state index is 5.96. The van der Waals surface area contributed by atoms with E-state index in [9.17, 15) is 0 Å². The molecule has 0 radical (unpaired) electrons. The Morgan fingerprint density at radius 1 is 1.18 bits per heavy atom. The van der Waals surface area contributed by atoms with Gasteiger partial charge < -0.3 is 9.73 Å². The van der Waals surface area contributed by atoms with Crippen LogP contribution in [0.15, 0.2) is 28.7 Å². The van der Waals surface area contributed by atoms with Crippen molar-refractivity contribution in [3.63, 3.8) is 0 Å². The SMILES string of the molecule is CCCCc1oc2ccccc2c1CNCC. The van der Waals surface area contributed by atoms with Gasteiger partial charge in [-0.1, -0.05) is 38.5 Å². The van der Waals surface area contributed by atoms with Gasteiger partial charge in [-0.05, 0) is 19.0 Å². The van der Waals surface area contributed by atoms with Gasteiger partial charge in [0, 0.05) is 23.9 Å². The Morgan fingerprint density at radius 3 is 2.76 bits per heavy atom. The molecule has 2 rings (SSSR count). The molecule has 0 bridgehead atoms. The first-order chi connectivity index (χ1) is 8.36. The first kappa shape index (κ1) is 12.2. The first-order valence-electron chi connectivity index (χ1n) is 6.56. The second-order valence-corrected chi connectivity index (χ2v) is 4.38. The Kier molecular flexibility index (Phi) is 4.21. The predicted octanol–water partition coefficient (Wildman–Crippen LogP) is 3.88. The number of benzene rings is 1. The van der Waals surface area contributed by atoms with Crippen molar-refractivity contribution in [3.8, 4) is 0 Å². The summed E-state index contributed by atoms with van der Waals surface area (Å²) in [6.07, 6.45) is 3.45. The van der Waals surface area contributed by atoms with Crippen molar-refractivity contribution < 1.29 is 4.42 Å². The topological polar surface area (TPSA) is 25.2 Å². The second-order valence-electron chi connectivity index (χ2n) is 4.38. The Hall–Kier alpha value is -1.28. The van der Waals surface area contributed by atoms with E-state index in [1.807, 2.05) is 6.07 Å². The van der Waals surface area contributed by atoms with Crippen molar-refractivity contribution in [1.82, 2.24) is 5.32 Å². The standard InChI is InChI=1S/C15H21NO/c1-3-5-9-15-13(11-16-4-2)12-8-6-7-10-14(12)17-15/h6-8,10,16H,3-5,9,11H2,1-2H3. The van der Waals surface area contributed by atoms with Gasteiger partial charge in [-0.15, -0.1) is 0 Å². The maximum Gasteiger partial charge on any atom is 0.134 e. The zero-order valence-electron chi connectivity index (χ0n) is 10.8. The molecule has 0 saturated heterocycles. The molecule has 0 spiro atoms. The molecule has 0 saturated carbocycles. The van der Waals surface area contributed by atoms with E-state index in [0.717, 1.165) is 30.9 Å². The van der Waals surface area contributed by atoms with Crippen molar-refractivity contribution in [2.45, 2.75) is 39.7 Å². The molecular weight excluding hydrogens is 210 g/mol. The summed E-state index contributed by atoms with van der Waals surface area (Å²) in [5, 5.41) is 4.66. The highest BCUT2D eigenvalue weighted by molar-refractivity contribution is 5.82. The highest BCUT2D eigenvalue weighted by Crippen LogP contribution is 2.26. The van der Waals surface area contributed by atoms with Crippen LogP contribution in [0.25, 0.3) is 11.0 Å². The van der Waals surface area contributed by atoms with E-state index in [-0.39, 0.29) is 0 Å². The lowest BCUT2D eigenvalue weighted by molar-refractivity contribution is 0.526. The molecule has 2 aromatic rings. The van der Waals surface area contributed by atoms with E-state index in [1.54, 1.807) is 0 Å². The fourth-order valence-corrected chi connectivity index (χ4v) is 2.13. The summed E-state index contributed by atoms with van der Waals surface area (Å²) in [5.74, 6) is 1.16. The number of furan rings is 1. The smallest absolute Gasteiger partial charge is 0.134 e. The molecule has 1 heterocycles. The van der Waals surface area contributed by atoms with Crippen LogP contribution in [0, 0.1) is 0 Å². The van der Waals surface area contributed by atoms with Crippen molar-refractivity contribution in [2.24, 2.45) is 0 Å². The Morgan fingerprint density at radius 2 is 2.00 bits per heavy atom. The van der Waals surface area contributed by atoms with Crippen LogP contribution in [0.1, 0.15) is 38.0 Å². The molecule has 1 aromatic heterocycles. The number of aryl methyl sites for hydroxylation is 1. The normalized spacial score (nSPS) is 11.2. The van der Waals surface area contributed by atoms with Crippen LogP contribution < -0.4 is 5.32 Å². The van der Waals surface area contributed by atoms with Gasteiger partial charge in [0.1, 0.15) is 11.3 Å². The number of unbranched alkanes of at least 4 members (excludes halogenated alkanes) is 1. The Bertz CT molecular complexity index is 473. The first-order valence-corrected chi connectivity index (χ1v) is 6.56. The van der Waals surface area contributed by atoms with Crippen LogP contribution in [0.2, 0.25) is 0 Å². The minimum Gasteiger partial charge on any atom is -0.461 e. The molecule has 0 aliphatic heterocycles. The van der Waals surface area contributed by atoms with E-state index in [4.69, 9.17) is 4.42 Å². The molecule has 0 aliphatic carbocycles. The van der Waals surface area contributed by atoms with Crippen LogP contribution in [-0.4, -0.2) is 6.54 Å². The molecule has 17 heavy (non-hydrogen) atoms. The molecule has 0 unspecified atom stereocenters. The summed E-state index contributed by atoms with van der Waals surface area (Å²) in [5.41, 5.74) is 2.36. The van der Waals surface area contributed by atoms with E-state index in [2.05, 4.69) is 37.4 Å². The second kappa shape index (κ2) is 5.87. The van der Waals surface area contributed by atoms with Crippen molar-refractivity contribution in [2.75, 3.05) is 6.54 Å². The third-order valence-corrected chi connectivity index (χ3v) is 3.09. The Balaban J connectivity index is 2.34. The Labute approximate surface area is 103 Å². The lowest BCUT2D eigenvalue weighted by Crippen LogP contribution is -2.12. The molecule has 1 aromatic carbocycles. The highest BCUT2D eigenvalue weighted by atomic mass is 16.3. The molecule has 2 nitrogen and oxygen atoms in total. The molecule has 0 amide bonds. The molecule has 92 valence electrons. The summed E-state index contributed by atoms with van der Waals surface area (Å²) in [4.78, 5) is 0. The predicted molar refractivity (Wildman–Crippen MR) is 72.2 cm³/mol. The van der Waals surface area contributed by atoms with Crippen molar-refractivity contribution >= 4 is 11.0 Å². The largest absolute Gasteiger partial charge is 0.461 e. The van der Waals surface area contributed by atoms with Gasteiger partial charge in [0.25, 0.3) is 0 Å². The lowest BCUT2D eigenvalue weighted by atomic mass is 10.1. The van der Waals surface area contributed by atoms with Crippen LogP contribution >= 0.6 is 0 Å². The average Bonchev–Trinajstić information content (AvgIpc) is 2.71. The molecule has 1 N–H and O–H groups in total. The highest BCUT2D eigenvalue weighted by Gasteiger charge is 2.12. The van der Waals surface area contributed by atoms with Gasteiger partial charge in [0.15, 0.2) is 0 Å². The van der Waals surface area contributed by atoms with E-state index in [0.29, 0.717) is 0 Å². The minimum atomic E-state index is 0.909. The summed E-state index contributed by atoms with van der Waals surface area (Å²) in [7, 11) is 0. The number of rotatable bonds is 6. The molecule has 0 fully saturated rings. The van der Waals surface area contributed by atoms with Crippen LogP contribution in [0.3, 0.4) is 0 Å². The van der Waals surface area contributed by atoms with Gasteiger partial charge in [-0.25, -0.2) is 0 Å². The number of para-hydroxylation sites is 1. The fourth-order valence-electron chi connectivity index (χ4n) is 2.13. The summed E-state index contributed by atoms with van der Waals surface area (Å²) < 4.78 is 5.96. The average molecular weight is 231 g/mol. The minimum absolute atomic E-state index is 0.909. The summed E-state index contributed by atoms with van der Waals surface area (Å²) in [6.45, 7) is 6.25. The number of nitrogens with one attached hydrogen (secondary N) is 1. The fraction of sp³-hybridized carbons (Fsp3) is 0.467. The van der Waals surface area contributed by atoms with Crippen molar-refractivity contribution in [1.29, 1.82) is 0 Å². The van der Waals surface area contributed by atoms with Crippen LogP contribution in [0.5, 0.6) is 0 Å². The van der Waals surface area contributed by atoms with E-state index in [1.165, 1.54) is 23.8 Å². The van der Waals surface area contributed by atoms with Gasteiger partial charge in [0.2, 0.25) is 0 Å². The zero-order chi connectivity index (χ0) is 12.1. The van der Waals surface area contributed by atoms with Gasteiger partial charge in [-0.2, -0.15) is 0 Å². The third-order valence-electron chi connectivity index (χ3n) is 3.09. The maximum atomic E-state index is 5.96. The summed E-state index contributed by atoms with van der Waals surface area (Å²) >= 11 is 0. The van der Waals surface area contributed by atoms with Crippen molar-refractivity contribution in [3.05, 3.63) is 35.6 Å². The number of fused-ring (bicyclic) bond motifs is 1. The third kappa shape index (κ3) is 2.70.